The first kappa shape index (κ1) is 15.7. The standard InChI is InChI=1S/C18H25NO2/c1-12(11-18(2,3)4)8-16(20)13-6-7-15-14(9-13)10-17(21)19(15)5/h6-7,9,12H,8,10-11H2,1-5H3. The topological polar surface area (TPSA) is 37.4 Å². The third-order valence-electron chi connectivity index (χ3n) is 3.97. The quantitative estimate of drug-likeness (QED) is 0.789. The molecule has 1 heterocycles. The van der Waals surface area contributed by atoms with Crippen molar-refractivity contribution in [2.24, 2.45) is 11.3 Å². The summed E-state index contributed by atoms with van der Waals surface area (Å²) >= 11 is 0. The molecule has 114 valence electrons. The van der Waals surface area contributed by atoms with Crippen molar-refractivity contribution in [3.8, 4) is 0 Å². The van der Waals surface area contributed by atoms with Crippen LogP contribution in [0, 0.1) is 11.3 Å². The molecule has 1 aliphatic rings. The van der Waals surface area contributed by atoms with Crippen molar-refractivity contribution in [2.45, 2.75) is 47.0 Å². The fourth-order valence-electron chi connectivity index (χ4n) is 3.20. The normalized spacial score (nSPS) is 16.0. The van der Waals surface area contributed by atoms with E-state index in [9.17, 15) is 9.59 Å². The highest BCUT2D eigenvalue weighted by Gasteiger charge is 2.25. The van der Waals surface area contributed by atoms with Crippen LogP contribution in [-0.2, 0) is 11.2 Å². The number of carbonyl (C=O) groups excluding carboxylic acids is 2. The Morgan fingerprint density at radius 2 is 2.00 bits per heavy atom. The minimum atomic E-state index is 0.0932. The smallest absolute Gasteiger partial charge is 0.231 e. The van der Waals surface area contributed by atoms with Crippen LogP contribution < -0.4 is 4.90 Å². The average molecular weight is 287 g/mol. The minimum Gasteiger partial charge on any atom is -0.315 e. The van der Waals surface area contributed by atoms with E-state index in [4.69, 9.17) is 0 Å². The molecule has 1 atom stereocenters. The zero-order chi connectivity index (χ0) is 15.8. The Kier molecular flexibility index (Phi) is 4.22. The number of ketones is 1. The lowest BCUT2D eigenvalue weighted by Crippen LogP contribution is -2.20. The lowest BCUT2D eigenvalue weighted by atomic mass is 9.83. The van der Waals surface area contributed by atoms with E-state index in [0.29, 0.717) is 18.8 Å². The lowest BCUT2D eigenvalue weighted by molar-refractivity contribution is -0.117. The predicted molar refractivity (Wildman–Crippen MR) is 85.7 cm³/mol. The van der Waals surface area contributed by atoms with Crippen LogP contribution in [0.2, 0.25) is 0 Å². The summed E-state index contributed by atoms with van der Waals surface area (Å²) in [7, 11) is 1.78. The molecule has 0 saturated carbocycles. The molecule has 1 aliphatic heterocycles. The van der Waals surface area contributed by atoms with Crippen LogP contribution in [0.25, 0.3) is 0 Å². The summed E-state index contributed by atoms with van der Waals surface area (Å²) < 4.78 is 0. The van der Waals surface area contributed by atoms with Gasteiger partial charge in [0.1, 0.15) is 0 Å². The molecule has 2 rings (SSSR count). The van der Waals surface area contributed by atoms with Gasteiger partial charge in [0.05, 0.1) is 6.42 Å². The number of carbonyl (C=O) groups is 2. The van der Waals surface area contributed by atoms with Crippen molar-refractivity contribution >= 4 is 17.4 Å². The van der Waals surface area contributed by atoms with E-state index >= 15 is 0 Å². The van der Waals surface area contributed by atoms with Crippen LogP contribution in [0.5, 0.6) is 0 Å². The highest BCUT2D eigenvalue weighted by atomic mass is 16.2. The highest BCUT2D eigenvalue weighted by Crippen LogP contribution is 2.30. The molecule has 1 unspecified atom stereocenters. The number of hydrogen-bond donors (Lipinski definition) is 0. The number of benzene rings is 1. The Hall–Kier alpha value is -1.64. The van der Waals surface area contributed by atoms with Gasteiger partial charge < -0.3 is 4.90 Å². The number of nitrogens with zero attached hydrogens (tertiary/aromatic N) is 1. The number of Topliss-reactive ketones (excluding diaryl/α,β-unsaturated/α-hetero) is 1. The van der Waals surface area contributed by atoms with Crippen molar-refractivity contribution in [1.29, 1.82) is 0 Å². The van der Waals surface area contributed by atoms with Gasteiger partial charge in [-0.15, -0.1) is 0 Å². The second kappa shape index (κ2) is 5.63. The number of rotatable bonds is 4. The zero-order valence-electron chi connectivity index (χ0n) is 13.7. The lowest BCUT2D eigenvalue weighted by Gasteiger charge is -2.22. The number of fused-ring (bicyclic) bond motifs is 1. The van der Waals surface area contributed by atoms with E-state index in [1.165, 1.54) is 0 Å². The number of anilines is 1. The highest BCUT2D eigenvalue weighted by molar-refractivity contribution is 6.03. The summed E-state index contributed by atoms with van der Waals surface area (Å²) in [6.45, 7) is 8.73. The molecule has 0 aliphatic carbocycles. The molecule has 0 bridgehead atoms. The molecule has 0 fully saturated rings. The second-order valence-electron chi connectivity index (χ2n) is 7.47. The number of amides is 1. The molecule has 0 saturated heterocycles. The SMILES string of the molecule is CC(CC(=O)c1ccc2c(c1)CC(=O)N2C)CC(C)(C)C. The Labute approximate surface area is 127 Å². The van der Waals surface area contributed by atoms with Gasteiger partial charge in [0.25, 0.3) is 0 Å². The Bertz CT molecular complexity index is 569. The monoisotopic (exact) mass is 287 g/mol. The van der Waals surface area contributed by atoms with Crippen molar-refractivity contribution in [2.75, 3.05) is 11.9 Å². The Morgan fingerprint density at radius 3 is 2.62 bits per heavy atom. The second-order valence-corrected chi connectivity index (χ2v) is 7.47. The predicted octanol–water partition coefficient (Wildman–Crippen LogP) is 3.85. The first-order valence-corrected chi connectivity index (χ1v) is 7.60. The molecule has 0 N–H and O–H groups in total. The first-order chi connectivity index (χ1) is 9.67. The summed E-state index contributed by atoms with van der Waals surface area (Å²) in [4.78, 5) is 25.8. The Morgan fingerprint density at radius 1 is 1.33 bits per heavy atom. The van der Waals surface area contributed by atoms with Gasteiger partial charge in [-0.3, -0.25) is 9.59 Å². The van der Waals surface area contributed by atoms with Gasteiger partial charge in [-0.1, -0.05) is 27.7 Å². The molecule has 1 aromatic carbocycles. The molecule has 3 nitrogen and oxygen atoms in total. The van der Waals surface area contributed by atoms with Gasteiger partial charge in [-0.2, -0.15) is 0 Å². The molecule has 1 amide bonds. The van der Waals surface area contributed by atoms with Gasteiger partial charge in [0.2, 0.25) is 5.91 Å². The summed E-state index contributed by atoms with van der Waals surface area (Å²) in [5.41, 5.74) is 2.88. The fraction of sp³-hybridized carbons (Fsp3) is 0.556. The van der Waals surface area contributed by atoms with Crippen molar-refractivity contribution in [3.63, 3.8) is 0 Å². The zero-order valence-corrected chi connectivity index (χ0v) is 13.7. The van der Waals surface area contributed by atoms with Crippen LogP contribution in [0.1, 0.15) is 56.5 Å². The van der Waals surface area contributed by atoms with E-state index in [0.717, 1.165) is 23.2 Å². The maximum Gasteiger partial charge on any atom is 0.231 e. The van der Waals surface area contributed by atoms with Gasteiger partial charge in [0, 0.05) is 24.7 Å². The largest absolute Gasteiger partial charge is 0.315 e. The summed E-state index contributed by atoms with van der Waals surface area (Å²) in [6, 6.07) is 5.63. The fourth-order valence-corrected chi connectivity index (χ4v) is 3.20. The van der Waals surface area contributed by atoms with Gasteiger partial charge in [-0.05, 0) is 41.5 Å². The van der Waals surface area contributed by atoms with Gasteiger partial charge in [0.15, 0.2) is 5.78 Å². The first-order valence-electron chi connectivity index (χ1n) is 7.60. The van der Waals surface area contributed by atoms with Crippen LogP contribution in [0.15, 0.2) is 18.2 Å². The van der Waals surface area contributed by atoms with E-state index in [1.54, 1.807) is 11.9 Å². The number of likely N-dealkylation sites (N-methyl/N-ethyl adjacent to an activating group) is 1. The molecule has 0 radical (unpaired) electrons. The summed E-state index contributed by atoms with van der Waals surface area (Å²) in [5, 5.41) is 0. The molecule has 0 spiro atoms. The van der Waals surface area contributed by atoms with Crippen LogP contribution in [0.4, 0.5) is 5.69 Å². The average Bonchev–Trinajstić information content (AvgIpc) is 2.62. The van der Waals surface area contributed by atoms with E-state index in [-0.39, 0.29) is 17.1 Å². The van der Waals surface area contributed by atoms with Crippen molar-refractivity contribution < 1.29 is 9.59 Å². The van der Waals surface area contributed by atoms with Gasteiger partial charge >= 0.3 is 0 Å². The third kappa shape index (κ3) is 3.72. The summed E-state index contributed by atoms with van der Waals surface area (Å²) in [5.74, 6) is 0.641. The van der Waals surface area contributed by atoms with Crippen molar-refractivity contribution in [1.82, 2.24) is 0 Å². The molecular weight excluding hydrogens is 262 g/mol. The van der Waals surface area contributed by atoms with E-state index < -0.39 is 0 Å². The van der Waals surface area contributed by atoms with Crippen LogP contribution in [0.3, 0.4) is 0 Å². The van der Waals surface area contributed by atoms with Gasteiger partial charge in [-0.25, -0.2) is 0 Å². The van der Waals surface area contributed by atoms with Crippen molar-refractivity contribution in [3.05, 3.63) is 29.3 Å². The minimum absolute atomic E-state index is 0.0932. The number of hydrogen-bond acceptors (Lipinski definition) is 2. The molecule has 21 heavy (non-hydrogen) atoms. The molecule has 1 aromatic rings. The maximum atomic E-state index is 12.4. The maximum absolute atomic E-state index is 12.4. The van der Waals surface area contributed by atoms with Crippen LogP contribution >= 0.6 is 0 Å². The van der Waals surface area contributed by atoms with E-state index in [2.05, 4.69) is 27.7 Å². The molecule has 0 aromatic heterocycles. The van der Waals surface area contributed by atoms with Crippen LogP contribution in [-0.4, -0.2) is 18.7 Å². The molecule has 3 heteroatoms. The Balaban J connectivity index is 2.08. The third-order valence-corrected chi connectivity index (χ3v) is 3.97. The van der Waals surface area contributed by atoms with E-state index in [1.807, 2.05) is 18.2 Å². The summed E-state index contributed by atoms with van der Waals surface area (Å²) in [6.07, 6.45) is 2.01. The molecular formula is C18H25NO2.